The zero-order chi connectivity index (χ0) is 70.8. The molecule has 0 fully saturated rings. The van der Waals surface area contributed by atoms with Crippen LogP contribution in [0.2, 0.25) is 0 Å². The molecule has 9 unspecified atom stereocenters. The van der Waals surface area contributed by atoms with Crippen molar-refractivity contribution in [2.24, 2.45) is 0 Å². The van der Waals surface area contributed by atoms with E-state index in [9.17, 15) is 0 Å². The Labute approximate surface area is 594 Å². The molecule has 0 amide bonds. The Bertz CT molecular complexity index is 3420. The van der Waals surface area contributed by atoms with E-state index in [2.05, 4.69) is 308 Å². The molecule has 526 valence electrons. The summed E-state index contributed by atoms with van der Waals surface area (Å²) in [6.45, 7) is 34.0. The first-order chi connectivity index (χ1) is 47.9. The molecular weight excluding hydrogens is 1220 g/mol. The standard InChI is InChI=1S/C59H72O6.C31H40O3/c1-41(39-62-33-31-60-9)64-57-53(43(3)47-23-15-11-16-24-47)35-51(36-54(57)44(4)48-25-17-12-18-26-48)59(7,8)52-37-55(45(5)49-27-19-13-20-28-49)58(65-42(2)40-63-34-32-61-10)56(38-52)46(6)50-29-21-14-22-30-50;1-22(2)28-19-29(24(4)26-13-9-7-10-14-26)31(34-23(3)21-33-18-17-32-6)30(20-28)25(5)27-15-11-8-12-16-27/h11-30,35-38,41-46H,31-34,39-40H2,1-10H3;7-16,19-20,22-25H,17-18,21H2,1-6H3. The van der Waals surface area contributed by atoms with Gasteiger partial charge < -0.3 is 42.6 Å². The maximum Gasteiger partial charge on any atom is 0.127 e. The van der Waals surface area contributed by atoms with Gasteiger partial charge in [-0.1, -0.05) is 288 Å². The number of ether oxygens (including phenoxy) is 9. The lowest BCUT2D eigenvalue weighted by Crippen LogP contribution is -2.25. The van der Waals surface area contributed by atoms with Crippen LogP contribution in [-0.4, -0.2) is 99.1 Å². The molecule has 0 bridgehead atoms. The Morgan fingerprint density at radius 3 is 0.657 bits per heavy atom. The van der Waals surface area contributed by atoms with Crippen molar-refractivity contribution in [2.75, 3.05) is 80.8 Å². The molecule has 0 saturated heterocycles. The maximum atomic E-state index is 7.11. The molecule has 9 nitrogen and oxygen atoms in total. The van der Waals surface area contributed by atoms with Gasteiger partial charge in [0, 0.05) is 95.6 Å². The molecule has 99 heavy (non-hydrogen) atoms. The van der Waals surface area contributed by atoms with Gasteiger partial charge in [-0.15, -0.1) is 0 Å². The molecule has 0 spiro atoms. The van der Waals surface area contributed by atoms with Crippen LogP contribution < -0.4 is 14.2 Å². The first-order valence-electron chi connectivity index (χ1n) is 35.9. The van der Waals surface area contributed by atoms with Crippen molar-refractivity contribution in [1.82, 2.24) is 0 Å². The molecule has 0 radical (unpaired) electrons. The molecule has 9 atom stereocenters. The third-order valence-electron chi connectivity index (χ3n) is 19.5. The minimum absolute atomic E-state index is 0.0379. The quantitative estimate of drug-likeness (QED) is 0.0357. The van der Waals surface area contributed by atoms with Gasteiger partial charge in [0.1, 0.15) is 35.6 Å². The van der Waals surface area contributed by atoms with Crippen LogP contribution in [0.1, 0.15) is 215 Å². The lowest BCUT2D eigenvalue weighted by Gasteiger charge is -2.34. The molecule has 9 heteroatoms. The van der Waals surface area contributed by atoms with E-state index in [-0.39, 0.29) is 53.8 Å². The first kappa shape index (κ1) is 76.9. The number of benzene rings is 9. The van der Waals surface area contributed by atoms with Crippen LogP contribution in [-0.2, 0) is 33.8 Å². The van der Waals surface area contributed by atoms with E-state index >= 15 is 0 Å². The van der Waals surface area contributed by atoms with Crippen LogP contribution >= 0.6 is 0 Å². The zero-order valence-corrected chi connectivity index (χ0v) is 62.1. The van der Waals surface area contributed by atoms with Crippen molar-refractivity contribution >= 4 is 0 Å². The Morgan fingerprint density at radius 2 is 0.465 bits per heavy atom. The van der Waals surface area contributed by atoms with Crippen LogP contribution in [0, 0.1) is 0 Å². The number of hydrogen-bond acceptors (Lipinski definition) is 9. The molecule has 0 aliphatic rings. The highest BCUT2D eigenvalue weighted by atomic mass is 16.6. The van der Waals surface area contributed by atoms with E-state index in [0.29, 0.717) is 65.4 Å². The molecular formula is C90H112O9. The van der Waals surface area contributed by atoms with E-state index in [1.807, 2.05) is 0 Å². The lowest BCUT2D eigenvalue weighted by molar-refractivity contribution is 0.0279. The predicted octanol–water partition coefficient (Wildman–Crippen LogP) is 21.0. The van der Waals surface area contributed by atoms with Crippen molar-refractivity contribution in [1.29, 1.82) is 0 Å². The summed E-state index contributed by atoms with van der Waals surface area (Å²) in [7, 11) is 5.08. The van der Waals surface area contributed by atoms with Gasteiger partial charge in [0.25, 0.3) is 0 Å². The maximum absolute atomic E-state index is 7.11. The number of methoxy groups -OCH3 is 3. The van der Waals surface area contributed by atoms with Gasteiger partial charge in [-0.3, -0.25) is 0 Å². The van der Waals surface area contributed by atoms with Crippen molar-refractivity contribution in [2.45, 2.75) is 155 Å². The smallest absolute Gasteiger partial charge is 0.127 e. The fraction of sp³-hybridized carbons (Fsp3) is 0.400. The van der Waals surface area contributed by atoms with Crippen molar-refractivity contribution in [3.8, 4) is 17.2 Å². The third kappa shape index (κ3) is 21.1. The Balaban J connectivity index is 0.000000308. The average molecular weight is 1340 g/mol. The highest BCUT2D eigenvalue weighted by Crippen LogP contribution is 2.49. The van der Waals surface area contributed by atoms with Crippen LogP contribution in [0.15, 0.2) is 218 Å². The summed E-state index contributed by atoms with van der Waals surface area (Å²) in [5.74, 6) is 3.81. The normalized spacial score (nSPS) is 14.4. The summed E-state index contributed by atoms with van der Waals surface area (Å²) in [6, 6.07) is 78.9. The van der Waals surface area contributed by atoms with E-state index in [1.165, 1.54) is 61.2 Å². The Hall–Kier alpha value is -7.86. The van der Waals surface area contributed by atoms with E-state index in [0.717, 1.165) is 39.5 Å². The molecule has 9 rings (SSSR count). The van der Waals surface area contributed by atoms with Crippen molar-refractivity contribution in [3.63, 3.8) is 0 Å². The molecule has 0 aliphatic carbocycles. The molecule has 9 aromatic carbocycles. The van der Waals surface area contributed by atoms with Gasteiger partial charge in [0.15, 0.2) is 0 Å². The van der Waals surface area contributed by atoms with Gasteiger partial charge in [-0.05, 0) is 76.8 Å². The van der Waals surface area contributed by atoms with Crippen LogP contribution in [0.5, 0.6) is 17.2 Å². The first-order valence-corrected chi connectivity index (χ1v) is 35.9. The second-order valence-electron chi connectivity index (χ2n) is 27.6. The van der Waals surface area contributed by atoms with E-state index in [4.69, 9.17) is 42.6 Å². The second-order valence-corrected chi connectivity index (χ2v) is 27.6. The van der Waals surface area contributed by atoms with Gasteiger partial charge in [0.2, 0.25) is 0 Å². The van der Waals surface area contributed by atoms with Gasteiger partial charge in [0.05, 0.1) is 59.5 Å². The summed E-state index contributed by atoms with van der Waals surface area (Å²) in [4.78, 5) is 0. The topological polar surface area (TPSA) is 83.1 Å². The molecule has 0 saturated carbocycles. The highest BCUT2D eigenvalue weighted by Gasteiger charge is 2.34. The largest absolute Gasteiger partial charge is 0.488 e. The SMILES string of the molecule is COCCOCC(C)Oc1c(C(C)c2ccccc2)cc(C(C)(C)c2cc(C(C)c3ccccc3)c(OC(C)COCCOC)c(C(C)c3ccccc3)c2)cc1C(C)c1ccccc1.COCCOCC(C)Oc1c(C(C)c2ccccc2)cc(C(C)C)cc1C(C)c1ccccc1. The minimum atomic E-state index is -0.465. The number of rotatable bonds is 36. The molecule has 0 heterocycles. The predicted molar refractivity (Wildman–Crippen MR) is 408 cm³/mol. The fourth-order valence-corrected chi connectivity index (χ4v) is 13.0. The zero-order valence-electron chi connectivity index (χ0n) is 62.1. The summed E-state index contributed by atoms with van der Waals surface area (Å²) in [5, 5.41) is 0. The highest BCUT2D eigenvalue weighted by molar-refractivity contribution is 5.60. The lowest BCUT2D eigenvalue weighted by atomic mass is 9.72. The summed E-state index contributed by atoms with van der Waals surface area (Å²) in [6.07, 6.45) is -0.470. The van der Waals surface area contributed by atoms with Gasteiger partial charge >= 0.3 is 0 Å². The van der Waals surface area contributed by atoms with Crippen molar-refractivity contribution in [3.05, 3.63) is 302 Å². The summed E-state index contributed by atoms with van der Waals surface area (Å²) >= 11 is 0. The average Bonchev–Trinajstić information content (AvgIpc) is 0.751. The van der Waals surface area contributed by atoms with Crippen LogP contribution in [0.3, 0.4) is 0 Å². The van der Waals surface area contributed by atoms with Crippen LogP contribution in [0.4, 0.5) is 0 Å². The summed E-state index contributed by atoms with van der Waals surface area (Å²) in [5.41, 5.74) is 17.9. The molecule has 9 aromatic rings. The van der Waals surface area contributed by atoms with Crippen LogP contribution in [0.25, 0.3) is 0 Å². The summed E-state index contributed by atoms with van der Waals surface area (Å²) < 4.78 is 54.4. The van der Waals surface area contributed by atoms with Gasteiger partial charge in [-0.2, -0.15) is 0 Å². The van der Waals surface area contributed by atoms with Gasteiger partial charge in [-0.25, -0.2) is 0 Å². The fourth-order valence-electron chi connectivity index (χ4n) is 13.0. The Kier molecular flexibility index (Phi) is 30.0. The van der Waals surface area contributed by atoms with E-state index < -0.39 is 5.41 Å². The van der Waals surface area contributed by atoms with E-state index in [1.54, 1.807) is 21.3 Å². The van der Waals surface area contributed by atoms with Crippen molar-refractivity contribution < 1.29 is 42.6 Å². The second kappa shape index (κ2) is 38.6. The molecule has 0 aromatic heterocycles. The Morgan fingerprint density at radius 1 is 0.263 bits per heavy atom. The number of hydrogen-bond donors (Lipinski definition) is 0. The third-order valence-corrected chi connectivity index (χ3v) is 19.5. The minimum Gasteiger partial charge on any atom is -0.488 e. The monoisotopic (exact) mass is 1340 g/mol. The molecule has 0 aliphatic heterocycles. The molecule has 0 N–H and O–H groups in total.